The third-order valence-electron chi connectivity index (χ3n) is 13.0. The summed E-state index contributed by atoms with van der Waals surface area (Å²) in [7, 11) is 0. The standard InChI is InChI=1S/C47H74O17/c1-8-36-28(4)44(63-40-23-34(50)27(3)29(5)59-40)26(2)17-15-13-11-9-10-12-14-16-18-32(61-45-43(56)42(55)41(54)30(6)60-45)22-38-46(7,57)37(52)25-47(58,64-38)24-31(48)21-35(51)33(49)19-20-39(53)62-36/h9-18,26-34,36-38,40-45,48-50,52,54-58H,8,19-25H2,1-7H3/b10-9+,13-11+,14-12+,17-15+,18-16+/t26?,27-,28?,29-,30+,31-,32?,33+,34+,36?,37-,38?,40-,41+,42-,43-,44?,45-,46-,47+/m0/s1. The van der Waals surface area contributed by atoms with E-state index in [2.05, 4.69) is 0 Å². The molecule has 9 N–H and O–H groups in total. The van der Waals surface area contributed by atoms with Gasteiger partial charge in [-0.3, -0.25) is 9.59 Å². The van der Waals surface area contributed by atoms with Gasteiger partial charge in [0.1, 0.15) is 36.1 Å². The normalized spacial score (nSPS) is 47.9. The van der Waals surface area contributed by atoms with Gasteiger partial charge in [0.15, 0.2) is 24.2 Å². The molecule has 4 aliphatic heterocycles. The molecule has 4 aliphatic rings. The van der Waals surface area contributed by atoms with E-state index in [-0.39, 0.29) is 49.5 Å². The van der Waals surface area contributed by atoms with E-state index >= 15 is 0 Å². The van der Waals surface area contributed by atoms with E-state index in [1.54, 1.807) is 36.5 Å². The van der Waals surface area contributed by atoms with Gasteiger partial charge in [-0.15, -0.1) is 0 Å². The van der Waals surface area contributed by atoms with Crippen molar-refractivity contribution in [3.8, 4) is 0 Å². The first-order valence-electron chi connectivity index (χ1n) is 22.6. The van der Waals surface area contributed by atoms with E-state index in [9.17, 15) is 55.5 Å². The number of ketones is 1. The number of hydrogen-bond acceptors (Lipinski definition) is 17. The molecule has 0 aromatic carbocycles. The second-order valence-corrected chi connectivity index (χ2v) is 18.3. The van der Waals surface area contributed by atoms with Gasteiger partial charge in [-0.2, -0.15) is 0 Å². The van der Waals surface area contributed by atoms with Crippen molar-refractivity contribution >= 4 is 11.8 Å². The minimum absolute atomic E-state index is 0.0794. The third-order valence-corrected chi connectivity index (χ3v) is 13.0. The minimum atomic E-state index is -2.27. The van der Waals surface area contributed by atoms with Crippen molar-refractivity contribution in [2.24, 2.45) is 17.8 Å². The van der Waals surface area contributed by atoms with E-state index in [1.165, 1.54) is 13.8 Å². The number of fused-ring (bicyclic) bond motifs is 2. The molecule has 4 rings (SSSR count). The van der Waals surface area contributed by atoms with Crippen LogP contribution < -0.4 is 0 Å². The lowest BCUT2D eigenvalue weighted by molar-refractivity contribution is -0.340. The Hall–Kier alpha value is -2.72. The van der Waals surface area contributed by atoms with Crippen molar-refractivity contribution in [3.05, 3.63) is 60.8 Å². The largest absolute Gasteiger partial charge is 0.462 e. The predicted molar refractivity (Wildman–Crippen MR) is 232 cm³/mol. The summed E-state index contributed by atoms with van der Waals surface area (Å²) in [5.41, 5.74) is -1.98. The second kappa shape index (κ2) is 24.3. The molecule has 2 bridgehead atoms. The summed E-state index contributed by atoms with van der Waals surface area (Å²) < 4.78 is 36.2. The zero-order valence-electron chi connectivity index (χ0n) is 38.1. The molecule has 0 spiro atoms. The highest BCUT2D eigenvalue weighted by Gasteiger charge is 2.54. The number of carbonyl (C=O) groups is 2. The van der Waals surface area contributed by atoms with Gasteiger partial charge in [-0.25, -0.2) is 0 Å². The van der Waals surface area contributed by atoms with Crippen LogP contribution in [0, 0.1) is 17.8 Å². The summed E-state index contributed by atoms with van der Waals surface area (Å²) in [6.07, 6.45) is -1.44. The van der Waals surface area contributed by atoms with Crippen LogP contribution in [0.25, 0.3) is 0 Å². The van der Waals surface area contributed by atoms with Crippen molar-refractivity contribution in [1.29, 1.82) is 0 Å². The monoisotopic (exact) mass is 910 g/mol. The fourth-order valence-electron chi connectivity index (χ4n) is 8.54. The molecule has 0 aliphatic carbocycles. The highest BCUT2D eigenvalue weighted by atomic mass is 16.7. The summed E-state index contributed by atoms with van der Waals surface area (Å²) in [4.78, 5) is 26.3. The topological polar surface area (TPSA) is 272 Å². The minimum Gasteiger partial charge on any atom is -0.462 e. The average Bonchev–Trinajstić information content (AvgIpc) is 3.22. The molecule has 20 atom stereocenters. The van der Waals surface area contributed by atoms with Crippen molar-refractivity contribution < 1.29 is 84.0 Å². The van der Waals surface area contributed by atoms with Crippen LogP contribution in [0.4, 0.5) is 0 Å². The Labute approximate surface area is 376 Å². The molecule has 3 saturated heterocycles. The first kappa shape index (κ1) is 53.9. The number of Topliss-reactive ketones (excluding diaryl/α,β-unsaturated/α-hetero) is 1. The smallest absolute Gasteiger partial charge is 0.306 e. The Morgan fingerprint density at radius 2 is 1.36 bits per heavy atom. The van der Waals surface area contributed by atoms with E-state index in [0.717, 1.165) is 0 Å². The molecule has 0 saturated carbocycles. The molecule has 0 aromatic heterocycles. The summed E-state index contributed by atoms with van der Waals surface area (Å²) in [6.45, 7) is 12.3. The number of aliphatic hydroxyl groups is 9. The van der Waals surface area contributed by atoms with Gasteiger partial charge >= 0.3 is 5.97 Å². The summed E-state index contributed by atoms with van der Waals surface area (Å²) in [5, 5.41) is 97.8. The highest BCUT2D eigenvalue weighted by molar-refractivity contribution is 5.83. The van der Waals surface area contributed by atoms with Crippen LogP contribution >= 0.6 is 0 Å². The third kappa shape index (κ3) is 14.9. The quantitative estimate of drug-likeness (QED) is 0.178. The molecule has 364 valence electrons. The molecule has 3 fully saturated rings. The van der Waals surface area contributed by atoms with Crippen molar-refractivity contribution in [1.82, 2.24) is 0 Å². The first-order chi connectivity index (χ1) is 30.1. The van der Waals surface area contributed by atoms with E-state index in [4.69, 9.17) is 28.4 Å². The molecule has 64 heavy (non-hydrogen) atoms. The molecular weight excluding hydrogens is 836 g/mol. The van der Waals surface area contributed by atoms with E-state index in [0.29, 0.717) is 6.42 Å². The zero-order valence-corrected chi connectivity index (χ0v) is 38.1. The lowest BCUT2D eigenvalue weighted by Crippen LogP contribution is -2.63. The van der Waals surface area contributed by atoms with Crippen LogP contribution in [0.5, 0.6) is 0 Å². The van der Waals surface area contributed by atoms with E-state index in [1.807, 2.05) is 58.9 Å². The van der Waals surface area contributed by atoms with Gasteiger partial charge in [0.25, 0.3) is 0 Å². The maximum atomic E-state index is 13.2. The second-order valence-electron chi connectivity index (χ2n) is 18.3. The lowest BCUT2D eigenvalue weighted by Gasteiger charge is -2.49. The van der Waals surface area contributed by atoms with Gasteiger partial charge in [0, 0.05) is 56.3 Å². The van der Waals surface area contributed by atoms with Gasteiger partial charge in [-0.05, 0) is 33.6 Å². The highest BCUT2D eigenvalue weighted by Crippen LogP contribution is 2.40. The van der Waals surface area contributed by atoms with Crippen LogP contribution in [-0.4, -0.2) is 161 Å². The molecule has 6 unspecified atom stereocenters. The number of ether oxygens (including phenoxy) is 6. The van der Waals surface area contributed by atoms with E-state index < -0.39 is 128 Å². The van der Waals surface area contributed by atoms with Crippen LogP contribution in [-0.2, 0) is 38.0 Å². The number of esters is 1. The number of hydrogen-bond donors (Lipinski definition) is 9. The Morgan fingerprint density at radius 1 is 0.734 bits per heavy atom. The summed E-state index contributed by atoms with van der Waals surface area (Å²) in [6, 6.07) is 0. The van der Waals surface area contributed by atoms with Crippen molar-refractivity contribution in [2.75, 3.05) is 0 Å². The molecule has 17 heteroatoms. The SMILES string of the molecule is CCC1OC(=O)CC[C@@H](O)C(=O)C[C@H](O)C[C@]2(O)C[C@H](O)[C@](C)(O)C(CC(O[C@@H]3O[C@H](C)[C@@H](O)[C@H](O)[C@@H]3O)/C=C/C=C/C=C/C=C/C=C/C(C)C(O[C@H]3C[C@@H](O)[C@@H](C)[C@H](C)O3)C1C)O2. The number of aliphatic hydroxyl groups excluding tert-OH is 7. The fraction of sp³-hybridized carbons (Fsp3) is 0.745. The summed E-state index contributed by atoms with van der Waals surface area (Å²) >= 11 is 0. The zero-order chi connectivity index (χ0) is 47.5. The predicted octanol–water partition coefficient (Wildman–Crippen LogP) is 1.94. The molecule has 0 aromatic rings. The molecular formula is C47H74O17. The van der Waals surface area contributed by atoms with Gasteiger partial charge < -0.3 is 74.4 Å². The molecule has 4 heterocycles. The number of allylic oxidation sites excluding steroid dienone is 8. The van der Waals surface area contributed by atoms with Crippen LogP contribution in [0.1, 0.15) is 99.8 Å². The number of rotatable bonds is 5. The van der Waals surface area contributed by atoms with Crippen molar-refractivity contribution in [2.45, 2.75) is 203 Å². The molecule has 17 nitrogen and oxygen atoms in total. The van der Waals surface area contributed by atoms with Gasteiger partial charge in [0.2, 0.25) is 0 Å². The van der Waals surface area contributed by atoms with Crippen molar-refractivity contribution in [3.63, 3.8) is 0 Å². The maximum Gasteiger partial charge on any atom is 0.306 e. The van der Waals surface area contributed by atoms with Gasteiger partial charge in [0.05, 0.1) is 48.8 Å². The van der Waals surface area contributed by atoms with Crippen LogP contribution in [0.3, 0.4) is 0 Å². The number of carbonyl (C=O) groups excluding carboxylic acids is 2. The Kier molecular flexibility index (Phi) is 20.5. The fourth-order valence-corrected chi connectivity index (χ4v) is 8.54. The Bertz CT molecular complexity index is 1620. The Balaban J connectivity index is 1.62. The lowest BCUT2D eigenvalue weighted by atomic mass is 9.80. The summed E-state index contributed by atoms with van der Waals surface area (Å²) in [5.74, 6) is -4.39. The van der Waals surface area contributed by atoms with Crippen LogP contribution in [0.2, 0.25) is 0 Å². The maximum absolute atomic E-state index is 13.2. The molecule has 0 amide bonds. The van der Waals surface area contributed by atoms with Gasteiger partial charge in [-0.1, -0.05) is 88.5 Å². The molecule has 0 radical (unpaired) electrons. The average molecular weight is 911 g/mol. The first-order valence-corrected chi connectivity index (χ1v) is 22.6. The number of cyclic esters (lactones) is 1. The van der Waals surface area contributed by atoms with Crippen LogP contribution in [0.15, 0.2) is 60.8 Å². The Morgan fingerprint density at radius 3 is 1.98 bits per heavy atom.